The highest BCUT2D eigenvalue weighted by Gasteiger charge is 2.42. The molecule has 3 aromatic heterocycles. The zero-order valence-electron chi connectivity index (χ0n) is 18.4. The van der Waals surface area contributed by atoms with Crippen LogP contribution in [0.1, 0.15) is 52.6 Å². The van der Waals surface area contributed by atoms with Crippen LogP contribution in [-0.4, -0.2) is 57.5 Å². The van der Waals surface area contributed by atoms with Crippen LogP contribution in [0.25, 0.3) is 11.0 Å². The smallest absolute Gasteiger partial charge is 0.339 e. The summed E-state index contributed by atoms with van der Waals surface area (Å²) in [5, 5.41) is 3.94. The maximum Gasteiger partial charge on any atom is 0.339 e. The molecule has 32 heavy (non-hydrogen) atoms. The van der Waals surface area contributed by atoms with Gasteiger partial charge < -0.3 is 19.5 Å². The number of methoxy groups -OCH3 is 1. The van der Waals surface area contributed by atoms with Gasteiger partial charge in [0.15, 0.2) is 0 Å². The molecule has 0 saturated heterocycles. The van der Waals surface area contributed by atoms with Crippen molar-refractivity contribution in [2.45, 2.75) is 31.7 Å². The van der Waals surface area contributed by atoms with Crippen LogP contribution in [0.3, 0.4) is 0 Å². The predicted molar refractivity (Wildman–Crippen MR) is 119 cm³/mol. The topological polar surface area (TPSA) is 102 Å². The maximum absolute atomic E-state index is 13.0. The van der Waals surface area contributed by atoms with Gasteiger partial charge in [0.05, 0.1) is 12.7 Å². The standard InChI is InChI=1S/C23H26N6O3/c1-28(2)21(30)18-10-16-12-25-23(26-19-7-6-15(11-24-19)22(31)32-3)27-20(16)29(18)17-9-13-4-5-14(17)8-13/h6-7,10-14,17H,4-5,8-9H2,1-3H3,(H,24,25,26,27)/t13-,14+,17+/m0/s1. The first kappa shape index (κ1) is 20.4. The lowest BCUT2D eigenvalue weighted by molar-refractivity contribution is 0.0600. The van der Waals surface area contributed by atoms with Crippen LogP contribution in [0, 0.1) is 11.8 Å². The van der Waals surface area contributed by atoms with Gasteiger partial charge in [-0.05, 0) is 49.3 Å². The number of esters is 1. The molecule has 0 radical (unpaired) electrons. The summed E-state index contributed by atoms with van der Waals surface area (Å²) < 4.78 is 6.85. The van der Waals surface area contributed by atoms with Crippen molar-refractivity contribution < 1.29 is 14.3 Å². The summed E-state index contributed by atoms with van der Waals surface area (Å²) >= 11 is 0. The minimum absolute atomic E-state index is 0.0275. The van der Waals surface area contributed by atoms with Crippen LogP contribution < -0.4 is 5.32 Å². The molecule has 1 N–H and O–H groups in total. The second-order valence-electron chi connectivity index (χ2n) is 8.86. The minimum Gasteiger partial charge on any atom is -0.465 e. The Morgan fingerprint density at radius 1 is 1.16 bits per heavy atom. The Kier molecular flexibility index (Phi) is 5.03. The average Bonchev–Trinajstić information content (AvgIpc) is 3.52. The first-order chi connectivity index (χ1) is 15.4. The Morgan fingerprint density at radius 3 is 2.62 bits per heavy atom. The molecule has 3 aromatic rings. The zero-order valence-corrected chi connectivity index (χ0v) is 18.4. The SMILES string of the molecule is COC(=O)c1ccc(Nc2ncc3cc(C(=O)N(C)C)n([C@@H]4C[C@H]5CC[C@@H]4C5)c3n2)nc1. The van der Waals surface area contributed by atoms with E-state index in [1.54, 1.807) is 37.3 Å². The van der Waals surface area contributed by atoms with Gasteiger partial charge in [0.1, 0.15) is 17.2 Å². The van der Waals surface area contributed by atoms with E-state index in [0.29, 0.717) is 28.9 Å². The molecular formula is C23H26N6O3. The highest BCUT2D eigenvalue weighted by molar-refractivity contribution is 5.98. The Hall–Kier alpha value is -3.49. The number of aromatic nitrogens is 4. The lowest BCUT2D eigenvalue weighted by Crippen LogP contribution is -2.27. The van der Waals surface area contributed by atoms with Crippen molar-refractivity contribution in [1.82, 2.24) is 24.4 Å². The van der Waals surface area contributed by atoms with E-state index in [1.165, 1.54) is 32.6 Å². The number of nitrogens with zero attached hydrogens (tertiary/aromatic N) is 5. The van der Waals surface area contributed by atoms with Crippen molar-refractivity contribution in [2.24, 2.45) is 11.8 Å². The fourth-order valence-electron chi connectivity index (χ4n) is 5.15. The highest BCUT2D eigenvalue weighted by atomic mass is 16.5. The molecule has 0 aromatic carbocycles. The summed E-state index contributed by atoms with van der Waals surface area (Å²) in [5.41, 5.74) is 1.79. The molecule has 2 bridgehead atoms. The molecule has 0 unspecified atom stereocenters. The number of hydrogen-bond donors (Lipinski definition) is 1. The first-order valence-corrected chi connectivity index (χ1v) is 10.9. The summed E-state index contributed by atoms with van der Waals surface area (Å²) in [4.78, 5) is 39.6. The lowest BCUT2D eigenvalue weighted by Gasteiger charge is -2.26. The number of amides is 1. The molecule has 0 spiro atoms. The number of hydrogen-bond acceptors (Lipinski definition) is 7. The van der Waals surface area contributed by atoms with Crippen LogP contribution in [0.2, 0.25) is 0 Å². The number of carbonyl (C=O) groups excluding carboxylic acids is 2. The monoisotopic (exact) mass is 434 g/mol. The minimum atomic E-state index is -0.441. The van der Waals surface area contributed by atoms with Gasteiger partial charge >= 0.3 is 5.97 Å². The van der Waals surface area contributed by atoms with E-state index in [0.717, 1.165) is 23.4 Å². The second-order valence-corrected chi connectivity index (χ2v) is 8.86. The Labute approximate surface area is 185 Å². The molecule has 2 saturated carbocycles. The molecule has 5 rings (SSSR count). The van der Waals surface area contributed by atoms with Gasteiger partial charge in [-0.15, -0.1) is 0 Å². The van der Waals surface area contributed by atoms with E-state index in [9.17, 15) is 9.59 Å². The highest BCUT2D eigenvalue weighted by Crippen LogP contribution is 2.51. The van der Waals surface area contributed by atoms with Crippen molar-refractivity contribution in [2.75, 3.05) is 26.5 Å². The fraction of sp³-hybridized carbons (Fsp3) is 0.435. The van der Waals surface area contributed by atoms with Crippen molar-refractivity contribution in [1.29, 1.82) is 0 Å². The van der Waals surface area contributed by atoms with Crippen molar-refractivity contribution in [3.63, 3.8) is 0 Å². The number of ether oxygens (including phenoxy) is 1. The molecule has 166 valence electrons. The number of rotatable bonds is 5. The second kappa shape index (κ2) is 7.89. The van der Waals surface area contributed by atoms with Crippen molar-refractivity contribution in [3.8, 4) is 0 Å². The predicted octanol–water partition coefficient (Wildman–Crippen LogP) is 3.42. The summed E-state index contributed by atoms with van der Waals surface area (Å²) in [5.74, 6) is 1.76. The van der Waals surface area contributed by atoms with E-state index < -0.39 is 5.97 Å². The summed E-state index contributed by atoms with van der Waals surface area (Å²) in [6, 6.07) is 5.49. The van der Waals surface area contributed by atoms with Crippen LogP contribution in [-0.2, 0) is 4.74 Å². The van der Waals surface area contributed by atoms with Gasteiger partial charge in [0, 0.05) is 37.9 Å². The Morgan fingerprint density at radius 2 is 2.00 bits per heavy atom. The van der Waals surface area contributed by atoms with Crippen LogP contribution in [0.5, 0.6) is 0 Å². The molecule has 2 fully saturated rings. The number of carbonyl (C=O) groups is 2. The lowest BCUT2D eigenvalue weighted by atomic mass is 9.95. The molecular weight excluding hydrogens is 408 g/mol. The molecule has 2 aliphatic carbocycles. The van der Waals surface area contributed by atoms with E-state index in [2.05, 4.69) is 19.9 Å². The largest absolute Gasteiger partial charge is 0.465 e. The maximum atomic E-state index is 13.0. The molecule has 0 aliphatic heterocycles. The molecule has 3 heterocycles. The fourth-order valence-corrected chi connectivity index (χ4v) is 5.15. The van der Waals surface area contributed by atoms with E-state index in [-0.39, 0.29) is 11.9 Å². The molecule has 1 amide bonds. The third kappa shape index (κ3) is 3.47. The third-order valence-electron chi connectivity index (χ3n) is 6.66. The van der Waals surface area contributed by atoms with Gasteiger partial charge in [-0.3, -0.25) is 4.79 Å². The summed E-state index contributed by atoms with van der Waals surface area (Å²) in [7, 11) is 4.87. The first-order valence-electron chi connectivity index (χ1n) is 10.9. The Bertz CT molecular complexity index is 1190. The van der Waals surface area contributed by atoms with E-state index in [4.69, 9.17) is 9.72 Å². The Balaban J connectivity index is 1.52. The van der Waals surface area contributed by atoms with Crippen molar-refractivity contribution in [3.05, 3.63) is 41.9 Å². The van der Waals surface area contributed by atoms with Crippen molar-refractivity contribution >= 4 is 34.7 Å². The summed E-state index contributed by atoms with van der Waals surface area (Å²) in [6.07, 6.45) is 7.99. The van der Waals surface area contributed by atoms with Gasteiger partial charge in [-0.25, -0.2) is 14.8 Å². The van der Waals surface area contributed by atoms with Gasteiger partial charge in [0.2, 0.25) is 5.95 Å². The van der Waals surface area contributed by atoms with E-state index in [1.807, 2.05) is 6.07 Å². The number of nitrogens with one attached hydrogen (secondary N) is 1. The zero-order chi connectivity index (χ0) is 22.4. The molecule has 9 heteroatoms. The quantitative estimate of drug-likeness (QED) is 0.614. The molecule has 3 atom stereocenters. The third-order valence-corrected chi connectivity index (χ3v) is 6.66. The van der Waals surface area contributed by atoms with Crippen LogP contribution in [0.15, 0.2) is 30.6 Å². The summed E-state index contributed by atoms with van der Waals surface area (Å²) in [6.45, 7) is 0. The number of fused-ring (bicyclic) bond motifs is 3. The molecule has 2 aliphatic rings. The average molecular weight is 435 g/mol. The van der Waals surface area contributed by atoms with Crippen LogP contribution >= 0.6 is 0 Å². The van der Waals surface area contributed by atoms with E-state index >= 15 is 0 Å². The molecule has 9 nitrogen and oxygen atoms in total. The van der Waals surface area contributed by atoms with Gasteiger partial charge in [0.25, 0.3) is 5.91 Å². The number of pyridine rings is 1. The van der Waals surface area contributed by atoms with Crippen LogP contribution in [0.4, 0.5) is 11.8 Å². The normalized spacial score (nSPS) is 21.7. The number of anilines is 2. The van der Waals surface area contributed by atoms with Gasteiger partial charge in [-0.2, -0.15) is 4.98 Å². The van der Waals surface area contributed by atoms with Gasteiger partial charge in [-0.1, -0.05) is 6.42 Å².